The van der Waals surface area contributed by atoms with Crippen molar-refractivity contribution in [2.24, 2.45) is 0 Å². The first kappa shape index (κ1) is 20.1. The van der Waals surface area contributed by atoms with Gasteiger partial charge in [0.15, 0.2) is 5.78 Å². The number of ketones is 1. The Labute approximate surface area is 169 Å². The molecule has 1 aliphatic heterocycles. The van der Waals surface area contributed by atoms with Gasteiger partial charge < -0.3 is 9.88 Å². The zero-order valence-electron chi connectivity index (χ0n) is 16.5. The summed E-state index contributed by atoms with van der Waals surface area (Å²) in [5, 5.41) is 3.08. The lowest BCUT2D eigenvalue weighted by Crippen LogP contribution is -2.41. The fourth-order valence-electron chi connectivity index (χ4n) is 3.77. The molecule has 1 aromatic heterocycles. The minimum Gasteiger partial charge on any atom is -0.348 e. The average Bonchev–Trinajstić information content (AvgIpc) is 3.05. The van der Waals surface area contributed by atoms with E-state index >= 15 is 0 Å². The Morgan fingerprint density at radius 2 is 1.89 bits per heavy atom. The van der Waals surface area contributed by atoms with Crippen molar-refractivity contribution < 1.29 is 14.4 Å². The van der Waals surface area contributed by atoms with Crippen molar-refractivity contribution in [3.05, 3.63) is 57.9 Å². The molecule has 0 spiro atoms. The van der Waals surface area contributed by atoms with Crippen molar-refractivity contribution in [3.63, 3.8) is 0 Å². The van der Waals surface area contributed by atoms with Crippen LogP contribution in [0.3, 0.4) is 0 Å². The SMILES string of the molecule is CCCn1c(C)cc(C(=O)CN2C(=O)N[C@](C)(c3ccccc3Cl)C2=O)c1C. The molecule has 28 heavy (non-hydrogen) atoms. The van der Waals surface area contributed by atoms with Gasteiger partial charge in [-0.25, -0.2) is 4.79 Å². The molecule has 0 radical (unpaired) electrons. The Bertz CT molecular complexity index is 966. The highest BCUT2D eigenvalue weighted by molar-refractivity contribution is 6.32. The molecule has 148 valence electrons. The highest BCUT2D eigenvalue weighted by atomic mass is 35.5. The highest BCUT2D eigenvalue weighted by Gasteiger charge is 2.50. The first-order valence-corrected chi connectivity index (χ1v) is 9.67. The molecule has 0 bridgehead atoms. The van der Waals surface area contributed by atoms with Gasteiger partial charge >= 0.3 is 6.03 Å². The number of aryl methyl sites for hydroxylation is 1. The molecule has 2 heterocycles. The van der Waals surface area contributed by atoms with Crippen LogP contribution in [0.1, 0.15) is 47.6 Å². The Balaban J connectivity index is 1.87. The summed E-state index contributed by atoms with van der Waals surface area (Å²) in [5.41, 5.74) is 1.59. The number of halogens is 1. The van der Waals surface area contributed by atoms with Crippen LogP contribution in [0.4, 0.5) is 4.79 Å². The van der Waals surface area contributed by atoms with Crippen molar-refractivity contribution in [2.45, 2.75) is 46.2 Å². The van der Waals surface area contributed by atoms with E-state index in [2.05, 4.69) is 16.8 Å². The minimum absolute atomic E-state index is 0.262. The molecule has 0 saturated carbocycles. The summed E-state index contributed by atoms with van der Waals surface area (Å²) in [6, 6.07) is 8.09. The van der Waals surface area contributed by atoms with Crippen molar-refractivity contribution in [3.8, 4) is 0 Å². The summed E-state index contributed by atoms with van der Waals surface area (Å²) in [6.07, 6.45) is 0.952. The van der Waals surface area contributed by atoms with Gasteiger partial charge in [-0.3, -0.25) is 14.5 Å². The predicted octanol–water partition coefficient (Wildman–Crippen LogP) is 3.82. The standard InChI is InChI=1S/C21H24ClN3O3/c1-5-10-24-13(2)11-15(14(24)3)18(26)12-25-19(27)21(4,23-20(25)28)16-8-6-7-9-17(16)22/h6-9,11H,5,10,12H2,1-4H3,(H,23,28)/t21-/m1/s1. The number of carbonyl (C=O) groups excluding carboxylic acids is 3. The maximum absolute atomic E-state index is 13.0. The summed E-state index contributed by atoms with van der Waals surface area (Å²) in [6.45, 7) is 8.02. The van der Waals surface area contributed by atoms with Crippen LogP contribution in [0, 0.1) is 13.8 Å². The van der Waals surface area contributed by atoms with Crippen LogP contribution in [0.2, 0.25) is 5.02 Å². The van der Waals surface area contributed by atoms with E-state index in [9.17, 15) is 14.4 Å². The summed E-state index contributed by atoms with van der Waals surface area (Å²) in [4.78, 5) is 39.4. The van der Waals surface area contributed by atoms with Gasteiger partial charge in [-0.1, -0.05) is 36.7 Å². The van der Waals surface area contributed by atoms with E-state index in [4.69, 9.17) is 11.6 Å². The van der Waals surface area contributed by atoms with Gasteiger partial charge in [0.05, 0.1) is 6.54 Å². The van der Waals surface area contributed by atoms with E-state index in [1.54, 1.807) is 31.2 Å². The van der Waals surface area contributed by atoms with Gasteiger partial charge in [-0.15, -0.1) is 0 Å². The van der Waals surface area contributed by atoms with Crippen LogP contribution in [-0.4, -0.2) is 33.7 Å². The van der Waals surface area contributed by atoms with E-state index in [-0.39, 0.29) is 12.3 Å². The monoisotopic (exact) mass is 401 g/mol. The minimum atomic E-state index is -1.30. The number of hydrogen-bond acceptors (Lipinski definition) is 3. The molecule has 1 N–H and O–H groups in total. The lowest BCUT2D eigenvalue weighted by atomic mass is 9.92. The molecule has 3 amide bonds. The van der Waals surface area contributed by atoms with Crippen LogP contribution in [-0.2, 0) is 16.9 Å². The number of urea groups is 1. The van der Waals surface area contributed by atoms with Crippen LogP contribution >= 0.6 is 11.6 Å². The van der Waals surface area contributed by atoms with Crippen LogP contribution in [0.5, 0.6) is 0 Å². The van der Waals surface area contributed by atoms with Crippen LogP contribution < -0.4 is 5.32 Å². The van der Waals surface area contributed by atoms with Crippen molar-refractivity contribution >= 4 is 29.3 Å². The summed E-state index contributed by atoms with van der Waals surface area (Å²) >= 11 is 6.24. The Morgan fingerprint density at radius 1 is 1.21 bits per heavy atom. The molecule has 7 heteroatoms. The second-order valence-corrected chi connectivity index (χ2v) is 7.69. The van der Waals surface area contributed by atoms with E-state index < -0.39 is 17.5 Å². The van der Waals surface area contributed by atoms with Crippen LogP contribution in [0.15, 0.2) is 30.3 Å². The Morgan fingerprint density at radius 3 is 2.54 bits per heavy atom. The molecule has 3 rings (SSSR count). The van der Waals surface area contributed by atoms with E-state index in [0.717, 1.165) is 29.3 Å². The van der Waals surface area contributed by atoms with Crippen molar-refractivity contribution in [1.82, 2.24) is 14.8 Å². The largest absolute Gasteiger partial charge is 0.348 e. The third-order valence-electron chi connectivity index (χ3n) is 5.31. The first-order chi connectivity index (χ1) is 13.2. The molecule has 6 nitrogen and oxygen atoms in total. The average molecular weight is 402 g/mol. The van der Waals surface area contributed by atoms with Gasteiger partial charge in [0, 0.05) is 34.1 Å². The topological polar surface area (TPSA) is 71.4 Å². The molecule has 1 saturated heterocycles. The fourth-order valence-corrected chi connectivity index (χ4v) is 4.09. The molecule has 1 aliphatic rings. The Kier molecular flexibility index (Phi) is 5.35. The van der Waals surface area contributed by atoms with Gasteiger partial charge in [0.1, 0.15) is 5.54 Å². The number of amides is 3. The van der Waals surface area contributed by atoms with Crippen molar-refractivity contribution in [1.29, 1.82) is 0 Å². The molecule has 1 fully saturated rings. The summed E-state index contributed by atoms with van der Waals surface area (Å²) < 4.78 is 2.08. The number of aromatic nitrogens is 1. The maximum Gasteiger partial charge on any atom is 0.325 e. The predicted molar refractivity (Wildman–Crippen MR) is 108 cm³/mol. The van der Waals surface area contributed by atoms with E-state index in [1.807, 2.05) is 19.9 Å². The number of Topliss-reactive ketones (excluding diaryl/α,β-unsaturated/α-hetero) is 1. The van der Waals surface area contributed by atoms with Gasteiger partial charge in [0.2, 0.25) is 0 Å². The normalized spacial score (nSPS) is 19.2. The molecule has 0 aliphatic carbocycles. The zero-order chi connectivity index (χ0) is 20.6. The molecule has 2 aromatic rings. The Hall–Kier alpha value is -2.60. The number of nitrogens with zero attached hydrogens (tertiary/aromatic N) is 2. The summed E-state index contributed by atoms with van der Waals surface area (Å²) in [7, 11) is 0. The van der Waals surface area contributed by atoms with Crippen LogP contribution in [0.25, 0.3) is 0 Å². The molecule has 1 aromatic carbocycles. The second-order valence-electron chi connectivity index (χ2n) is 7.29. The zero-order valence-corrected chi connectivity index (χ0v) is 17.3. The van der Waals surface area contributed by atoms with Gasteiger partial charge in [-0.05, 0) is 39.3 Å². The third kappa shape index (κ3) is 3.22. The fraction of sp³-hybridized carbons (Fsp3) is 0.381. The maximum atomic E-state index is 13.0. The number of rotatable bonds is 6. The van der Waals surface area contributed by atoms with E-state index in [0.29, 0.717) is 16.1 Å². The molecular formula is C21H24ClN3O3. The number of carbonyl (C=O) groups is 3. The highest BCUT2D eigenvalue weighted by Crippen LogP contribution is 2.33. The van der Waals surface area contributed by atoms with Gasteiger partial charge in [-0.2, -0.15) is 0 Å². The number of imide groups is 1. The van der Waals surface area contributed by atoms with Crippen molar-refractivity contribution in [2.75, 3.05) is 6.54 Å². The molecular weight excluding hydrogens is 378 g/mol. The second kappa shape index (κ2) is 7.43. The summed E-state index contributed by atoms with van der Waals surface area (Å²) in [5.74, 6) is -0.747. The van der Waals surface area contributed by atoms with E-state index in [1.165, 1.54) is 0 Å². The molecule has 0 unspecified atom stereocenters. The van der Waals surface area contributed by atoms with Gasteiger partial charge in [0.25, 0.3) is 5.91 Å². The number of nitrogens with one attached hydrogen (secondary N) is 1. The lowest BCUT2D eigenvalue weighted by Gasteiger charge is -2.23. The number of benzene rings is 1. The molecule has 1 atom stereocenters. The smallest absolute Gasteiger partial charge is 0.325 e. The number of hydrogen-bond donors (Lipinski definition) is 1. The third-order valence-corrected chi connectivity index (χ3v) is 5.64. The quantitative estimate of drug-likeness (QED) is 0.590. The lowest BCUT2D eigenvalue weighted by molar-refractivity contribution is -0.130. The first-order valence-electron chi connectivity index (χ1n) is 9.29.